The highest BCUT2D eigenvalue weighted by atomic mass is 14.7. The van der Waals surface area contributed by atoms with E-state index < -0.39 is 0 Å². The number of hydrogen-bond acceptors (Lipinski definition) is 2. The van der Waals surface area contributed by atoms with E-state index in [1.807, 2.05) is 24.3 Å². The summed E-state index contributed by atoms with van der Waals surface area (Å²) in [4.78, 5) is 3.76. The van der Waals surface area contributed by atoms with Gasteiger partial charge in [0.2, 0.25) is 0 Å². The van der Waals surface area contributed by atoms with Gasteiger partial charge in [0.1, 0.15) is 0 Å². The van der Waals surface area contributed by atoms with Gasteiger partial charge in [0.15, 0.2) is 0 Å². The first kappa shape index (κ1) is 6.81. The Morgan fingerprint density at radius 3 is 2.80 bits per heavy atom. The summed E-state index contributed by atoms with van der Waals surface area (Å²) in [6, 6.07) is 0. The van der Waals surface area contributed by atoms with E-state index >= 15 is 0 Å². The topological polar surface area (TPSA) is 38.4 Å². The minimum Gasteiger partial charge on any atom is -0.397 e. The molecule has 0 aromatic heterocycles. The van der Waals surface area contributed by atoms with Gasteiger partial charge in [-0.3, -0.25) is 4.99 Å². The molecule has 1 aliphatic carbocycles. The van der Waals surface area contributed by atoms with Crippen LogP contribution in [-0.4, -0.2) is 6.72 Å². The summed E-state index contributed by atoms with van der Waals surface area (Å²) in [6.45, 7) is 3.40. The predicted molar refractivity (Wildman–Crippen MR) is 43.7 cm³/mol. The summed E-state index contributed by atoms with van der Waals surface area (Å²) in [5.74, 6) is 0. The maximum Gasteiger partial charge on any atom is 0.0848 e. The fraction of sp³-hybridized carbons (Fsp3) is 0.125. The number of rotatable bonds is 1. The van der Waals surface area contributed by atoms with E-state index in [2.05, 4.69) is 11.7 Å². The predicted octanol–water partition coefficient (Wildman–Crippen LogP) is 1.37. The molecule has 10 heavy (non-hydrogen) atoms. The van der Waals surface area contributed by atoms with Crippen LogP contribution in [0.3, 0.4) is 0 Å². The van der Waals surface area contributed by atoms with Crippen molar-refractivity contribution in [2.75, 3.05) is 0 Å². The molecule has 0 atom stereocenters. The fourth-order valence-electron chi connectivity index (χ4n) is 0.779. The third-order valence-electron chi connectivity index (χ3n) is 1.31. The molecule has 2 nitrogen and oxygen atoms in total. The number of hydrogen-bond donors (Lipinski definition) is 1. The molecule has 0 amide bonds. The summed E-state index contributed by atoms with van der Waals surface area (Å²) in [7, 11) is 0. The van der Waals surface area contributed by atoms with Crippen molar-refractivity contribution in [2.45, 2.75) is 6.42 Å². The zero-order valence-electron chi connectivity index (χ0n) is 5.75. The van der Waals surface area contributed by atoms with Crippen LogP contribution in [0.1, 0.15) is 6.42 Å². The number of allylic oxidation sites excluding steroid dienone is 4. The van der Waals surface area contributed by atoms with Crippen LogP contribution < -0.4 is 5.73 Å². The van der Waals surface area contributed by atoms with Crippen LogP contribution in [0, 0.1) is 0 Å². The van der Waals surface area contributed by atoms with Crippen LogP contribution in [0.15, 0.2) is 40.7 Å². The maximum atomic E-state index is 5.60. The third kappa shape index (κ3) is 1.35. The lowest BCUT2D eigenvalue weighted by Gasteiger charge is -1.93. The largest absolute Gasteiger partial charge is 0.397 e. The van der Waals surface area contributed by atoms with Gasteiger partial charge >= 0.3 is 0 Å². The first-order valence-electron chi connectivity index (χ1n) is 3.14. The van der Waals surface area contributed by atoms with E-state index in [0.29, 0.717) is 5.70 Å². The summed E-state index contributed by atoms with van der Waals surface area (Å²) in [6.07, 6.45) is 8.64. The smallest absolute Gasteiger partial charge is 0.0848 e. The Morgan fingerprint density at radius 1 is 1.40 bits per heavy atom. The summed E-state index contributed by atoms with van der Waals surface area (Å²) in [5, 5.41) is 0. The summed E-state index contributed by atoms with van der Waals surface area (Å²) >= 11 is 0. The second kappa shape index (κ2) is 3.01. The number of nitrogens with two attached hydrogens (primary N) is 1. The Morgan fingerprint density at radius 2 is 2.10 bits per heavy atom. The molecule has 0 radical (unpaired) electrons. The minimum absolute atomic E-state index is 0.684. The quantitative estimate of drug-likeness (QED) is 0.540. The van der Waals surface area contributed by atoms with E-state index in [1.165, 1.54) is 0 Å². The lowest BCUT2D eigenvalue weighted by atomic mass is 10.3. The van der Waals surface area contributed by atoms with Gasteiger partial charge in [-0.2, -0.15) is 0 Å². The highest BCUT2D eigenvalue weighted by Crippen LogP contribution is 2.08. The Balaban J connectivity index is 2.98. The molecule has 1 aliphatic rings. The van der Waals surface area contributed by atoms with Crippen molar-refractivity contribution in [3.05, 3.63) is 35.7 Å². The van der Waals surface area contributed by atoms with Crippen LogP contribution in [0.25, 0.3) is 0 Å². The zero-order valence-corrected chi connectivity index (χ0v) is 5.75. The molecule has 0 heterocycles. The van der Waals surface area contributed by atoms with Crippen molar-refractivity contribution in [1.82, 2.24) is 0 Å². The Labute approximate surface area is 60.5 Å². The lowest BCUT2D eigenvalue weighted by molar-refractivity contribution is 1.29. The molecule has 1 rings (SSSR count). The Kier molecular flexibility index (Phi) is 2.05. The molecular weight excluding hydrogens is 124 g/mol. The van der Waals surface area contributed by atoms with E-state index in [4.69, 9.17) is 5.73 Å². The van der Waals surface area contributed by atoms with E-state index in [-0.39, 0.29) is 0 Å². The second-order valence-electron chi connectivity index (χ2n) is 2.04. The molecule has 52 valence electrons. The minimum atomic E-state index is 0.684. The molecule has 0 spiro atoms. The molecule has 0 fully saturated rings. The maximum absolute atomic E-state index is 5.60. The van der Waals surface area contributed by atoms with Crippen molar-refractivity contribution in [3.63, 3.8) is 0 Å². The van der Waals surface area contributed by atoms with Crippen molar-refractivity contribution >= 4 is 6.72 Å². The van der Waals surface area contributed by atoms with Crippen molar-refractivity contribution < 1.29 is 0 Å². The Hall–Kier alpha value is -1.31. The molecule has 2 N–H and O–H groups in total. The Bertz CT molecular complexity index is 221. The lowest BCUT2D eigenvalue weighted by Crippen LogP contribution is -1.95. The number of nitrogens with zero attached hydrogens (tertiary/aromatic N) is 1. The molecule has 0 bridgehead atoms. The van der Waals surface area contributed by atoms with Gasteiger partial charge in [-0.25, -0.2) is 0 Å². The summed E-state index contributed by atoms with van der Waals surface area (Å²) in [5.41, 5.74) is 7.04. The molecule has 0 unspecified atom stereocenters. The SMILES string of the molecule is C=NC1=C(N)C=CCC=C1. The van der Waals surface area contributed by atoms with Crippen molar-refractivity contribution in [1.29, 1.82) is 0 Å². The first-order chi connectivity index (χ1) is 4.84. The molecular formula is C8H10N2. The van der Waals surface area contributed by atoms with Crippen LogP contribution in [0.4, 0.5) is 0 Å². The molecule has 0 aromatic rings. The zero-order chi connectivity index (χ0) is 7.40. The normalized spacial score (nSPS) is 17.2. The standard InChI is InChI=1S/C8H10N2/c1-10-8-6-4-2-3-5-7(8)9/h3-6H,1-2,9H2. The van der Waals surface area contributed by atoms with Crippen LogP contribution in [0.2, 0.25) is 0 Å². The highest BCUT2D eigenvalue weighted by molar-refractivity contribution is 5.39. The van der Waals surface area contributed by atoms with Gasteiger partial charge in [0.25, 0.3) is 0 Å². The van der Waals surface area contributed by atoms with Gasteiger partial charge < -0.3 is 5.73 Å². The molecule has 0 saturated heterocycles. The average Bonchev–Trinajstić information content (AvgIpc) is 2.13. The third-order valence-corrected chi connectivity index (χ3v) is 1.31. The molecule has 0 aliphatic heterocycles. The van der Waals surface area contributed by atoms with E-state index in [1.54, 1.807) is 0 Å². The first-order valence-corrected chi connectivity index (χ1v) is 3.14. The molecule has 2 heteroatoms. The van der Waals surface area contributed by atoms with Gasteiger partial charge in [-0.15, -0.1) is 0 Å². The second-order valence-corrected chi connectivity index (χ2v) is 2.04. The van der Waals surface area contributed by atoms with E-state index in [0.717, 1.165) is 12.1 Å². The average molecular weight is 134 g/mol. The summed E-state index contributed by atoms with van der Waals surface area (Å²) < 4.78 is 0. The fourth-order valence-corrected chi connectivity index (χ4v) is 0.779. The van der Waals surface area contributed by atoms with E-state index in [9.17, 15) is 0 Å². The van der Waals surface area contributed by atoms with Crippen LogP contribution in [0.5, 0.6) is 0 Å². The van der Waals surface area contributed by atoms with Gasteiger partial charge in [-0.05, 0) is 25.3 Å². The van der Waals surface area contributed by atoms with Crippen LogP contribution in [-0.2, 0) is 0 Å². The molecule has 0 saturated carbocycles. The van der Waals surface area contributed by atoms with Gasteiger partial charge in [-0.1, -0.05) is 12.2 Å². The van der Waals surface area contributed by atoms with Crippen LogP contribution >= 0.6 is 0 Å². The van der Waals surface area contributed by atoms with Gasteiger partial charge in [0.05, 0.1) is 11.4 Å². The number of aliphatic imine (C=N–C) groups is 1. The van der Waals surface area contributed by atoms with Gasteiger partial charge in [0, 0.05) is 0 Å². The van der Waals surface area contributed by atoms with Crippen molar-refractivity contribution in [3.8, 4) is 0 Å². The highest BCUT2D eigenvalue weighted by Gasteiger charge is 1.94. The molecule has 0 aromatic carbocycles. The van der Waals surface area contributed by atoms with Crippen molar-refractivity contribution in [2.24, 2.45) is 10.7 Å². The monoisotopic (exact) mass is 134 g/mol.